The van der Waals surface area contributed by atoms with Crippen LogP contribution in [0.3, 0.4) is 0 Å². The van der Waals surface area contributed by atoms with Crippen LogP contribution >= 0.6 is 24.0 Å². The Morgan fingerprint density at radius 3 is 2.41 bits per heavy atom. The minimum atomic E-state index is 0. The number of nitrogens with zero attached hydrogens (tertiary/aromatic N) is 1. The van der Waals surface area contributed by atoms with Gasteiger partial charge in [0.05, 0.1) is 6.61 Å². The fourth-order valence-corrected chi connectivity index (χ4v) is 1.91. The number of rotatable bonds is 6. The molecule has 1 saturated carbocycles. The van der Waals surface area contributed by atoms with E-state index in [2.05, 4.69) is 24.2 Å². The number of hydrogen-bond donors (Lipinski definition) is 2. The highest BCUT2D eigenvalue weighted by atomic mass is 127. The van der Waals surface area contributed by atoms with E-state index in [1.165, 1.54) is 12.8 Å². The van der Waals surface area contributed by atoms with Gasteiger partial charge < -0.3 is 15.8 Å². The quantitative estimate of drug-likeness (QED) is 0.435. The lowest BCUT2D eigenvalue weighted by molar-refractivity contribution is 0.179. The van der Waals surface area contributed by atoms with E-state index in [1.807, 2.05) is 6.92 Å². The van der Waals surface area contributed by atoms with Gasteiger partial charge in [-0.15, -0.1) is 24.0 Å². The fourth-order valence-electron chi connectivity index (χ4n) is 1.91. The predicted molar refractivity (Wildman–Crippen MR) is 82.9 cm³/mol. The first-order valence-corrected chi connectivity index (χ1v) is 6.05. The first-order chi connectivity index (χ1) is 7.50. The third kappa shape index (κ3) is 5.42. The van der Waals surface area contributed by atoms with Crippen molar-refractivity contribution in [2.75, 3.05) is 20.3 Å². The number of ether oxygens (including phenoxy) is 1. The molecule has 3 N–H and O–H groups in total. The molecule has 1 aliphatic carbocycles. The standard InChI is InChI=1S/C12H25N3O.HI/c1-9(2)12(5-6-12)8-14-11(13)15-10(3)7-16-4;/h9-10H,5-8H2,1-4H3,(H3,13,14,15);1H. The number of hydrogen-bond acceptors (Lipinski definition) is 2. The summed E-state index contributed by atoms with van der Waals surface area (Å²) < 4.78 is 5.03. The van der Waals surface area contributed by atoms with Crippen LogP contribution in [0.15, 0.2) is 4.99 Å². The lowest BCUT2D eigenvalue weighted by atomic mass is 9.93. The molecule has 1 fully saturated rings. The number of aliphatic imine (C=N–C) groups is 1. The lowest BCUT2D eigenvalue weighted by Crippen LogP contribution is -2.41. The molecule has 0 bridgehead atoms. The van der Waals surface area contributed by atoms with Crippen molar-refractivity contribution < 1.29 is 4.74 Å². The molecule has 17 heavy (non-hydrogen) atoms. The molecule has 1 aliphatic rings. The second-order valence-corrected chi connectivity index (χ2v) is 5.22. The highest BCUT2D eigenvalue weighted by molar-refractivity contribution is 14.0. The zero-order valence-electron chi connectivity index (χ0n) is 11.3. The van der Waals surface area contributed by atoms with E-state index in [0.29, 0.717) is 23.9 Å². The number of halogens is 1. The van der Waals surface area contributed by atoms with Gasteiger partial charge >= 0.3 is 0 Å². The van der Waals surface area contributed by atoms with E-state index in [0.717, 1.165) is 6.54 Å². The van der Waals surface area contributed by atoms with E-state index in [-0.39, 0.29) is 30.0 Å². The summed E-state index contributed by atoms with van der Waals surface area (Å²) in [5.41, 5.74) is 6.25. The minimum absolute atomic E-state index is 0. The van der Waals surface area contributed by atoms with Crippen molar-refractivity contribution in [1.29, 1.82) is 0 Å². The third-order valence-corrected chi connectivity index (χ3v) is 3.49. The molecule has 0 aliphatic heterocycles. The topological polar surface area (TPSA) is 59.6 Å². The van der Waals surface area contributed by atoms with Gasteiger partial charge in [-0.05, 0) is 31.1 Å². The summed E-state index contributed by atoms with van der Waals surface area (Å²) in [5, 5.41) is 3.12. The van der Waals surface area contributed by atoms with Crippen molar-refractivity contribution in [1.82, 2.24) is 5.32 Å². The molecule has 0 aromatic rings. The van der Waals surface area contributed by atoms with E-state index in [9.17, 15) is 0 Å². The molecule has 1 atom stereocenters. The average Bonchev–Trinajstić information content (AvgIpc) is 2.95. The Morgan fingerprint density at radius 1 is 1.41 bits per heavy atom. The fraction of sp³-hybridized carbons (Fsp3) is 0.917. The van der Waals surface area contributed by atoms with Crippen molar-refractivity contribution in [2.45, 2.75) is 39.7 Å². The molecule has 102 valence electrons. The summed E-state index contributed by atoms with van der Waals surface area (Å²) in [7, 11) is 1.68. The van der Waals surface area contributed by atoms with Crippen molar-refractivity contribution in [3.05, 3.63) is 0 Å². The summed E-state index contributed by atoms with van der Waals surface area (Å²) in [6.07, 6.45) is 2.57. The van der Waals surface area contributed by atoms with Gasteiger partial charge in [-0.1, -0.05) is 13.8 Å². The summed E-state index contributed by atoms with van der Waals surface area (Å²) in [6, 6.07) is 0.211. The molecule has 0 amide bonds. The van der Waals surface area contributed by atoms with Gasteiger partial charge in [0, 0.05) is 19.7 Å². The molecule has 0 saturated heterocycles. The Kier molecular flexibility index (Phi) is 7.39. The van der Waals surface area contributed by atoms with Gasteiger partial charge in [-0.2, -0.15) is 0 Å². The molecule has 1 unspecified atom stereocenters. The van der Waals surface area contributed by atoms with E-state index in [4.69, 9.17) is 10.5 Å². The molecule has 0 heterocycles. The molecule has 0 radical (unpaired) electrons. The molecular weight excluding hydrogens is 329 g/mol. The van der Waals surface area contributed by atoms with E-state index < -0.39 is 0 Å². The molecule has 4 nitrogen and oxygen atoms in total. The van der Waals surface area contributed by atoms with Gasteiger partial charge in [0.25, 0.3) is 0 Å². The van der Waals surface area contributed by atoms with Crippen LogP contribution < -0.4 is 11.1 Å². The number of guanidine groups is 1. The largest absolute Gasteiger partial charge is 0.383 e. The van der Waals surface area contributed by atoms with Crippen LogP contribution in [0.2, 0.25) is 0 Å². The zero-order chi connectivity index (χ0) is 12.2. The smallest absolute Gasteiger partial charge is 0.188 e. The number of nitrogens with one attached hydrogen (secondary N) is 1. The summed E-state index contributed by atoms with van der Waals surface area (Å²) in [5.74, 6) is 1.23. The van der Waals surface area contributed by atoms with E-state index >= 15 is 0 Å². The van der Waals surface area contributed by atoms with Crippen molar-refractivity contribution >= 4 is 29.9 Å². The maximum atomic E-state index is 5.82. The van der Waals surface area contributed by atoms with Gasteiger partial charge in [-0.25, -0.2) is 0 Å². The van der Waals surface area contributed by atoms with Gasteiger partial charge in [0.15, 0.2) is 5.96 Å². The monoisotopic (exact) mass is 355 g/mol. The summed E-state index contributed by atoms with van der Waals surface area (Å²) >= 11 is 0. The summed E-state index contributed by atoms with van der Waals surface area (Å²) in [4.78, 5) is 4.43. The van der Waals surface area contributed by atoms with Crippen molar-refractivity contribution in [3.63, 3.8) is 0 Å². The van der Waals surface area contributed by atoms with Gasteiger partial charge in [-0.3, -0.25) is 4.99 Å². The SMILES string of the molecule is COCC(C)NC(N)=NCC1(C(C)C)CC1.I. The maximum absolute atomic E-state index is 5.82. The summed E-state index contributed by atoms with van der Waals surface area (Å²) in [6.45, 7) is 8.05. The van der Waals surface area contributed by atoms with Crippen LogP contribution in [-0.4, -0.2) is 32.3 Å². The van der Waals surface area contributed by atoms with Gasteiger partial charge in [0.1, 0.15) is 0 Å². The van der Waals surface area contributed by atoms with Gasteiger partial charge in [0.2, 0.25) is 0 Å². The molecule has 0 aromatic carbocycles. The van der Waals surface area contributed by atoms with Crippen LogP contribution in [0.1, 0.15) is 33.6 Å². The lowest BCUT2D eigenvalue weighted by Gasteiger charge is -2.18. The average molecular weight is 355 g/mol. The maximum Gasteiger partial charge on any atom is 0.188 e. The second kappa shape index (κ2) is 7.41. The Labute approximate surface area is 122 Å². The normalized spacial score (nSPS) is 19.7. The highest BCUT2D eigenvalue weighted by Crippen LogP contribution is 2.51. The molecule has 1 rings (SSSR count). The third-order valence-electron chi connectivity index (χ3n) is 3.49. The van der Waals surface area contributed by atoms with Crippen LogP contribution in [-0.2, 0) is 4.74 Å². The van der Waals surface area contributed by atoms with Crippen LogP contribution in [0.5, 0.6) is 0 Å². The Hall–Kier alpha value is -0.0400. The highest BCUT2D eigenvalue weighted by Gasteiger charge is 2.45. The van der Waals surface area contributed by atoms with Crippen molar-refractivity contribution in [2.24, 2.45) is 22.1 Å². The molecule has 0 spiro atoms. The molecular formula is C12H26IN3O. The predicted octanol–water partition coefficient (Wildman–Crippen LogP) is 1.98. The Balaban J connectivity index is 0.00000256. The minimum Gasteiger partial charge on any atom is -0.383 e. The Bertz CT molecular complexity index is 252. The first kappa shape index (κ1) is 17.0. The molecule has 5 heteroatoms. The van der Waals surface area contributed by atoms with Crippen LogP contribution in [0.25, 0.3) is 0 Å². The molecule has 0 aromatic heterocycles. The van der Waals surface area contributed by atoms with Crippen molar-refractivity contribution in [3.8, 4) is 0 Å². The van der Waals surface area contributed by atoms with Crippen LogP contribution in [0.4, 0.5) is 0 Å². The Morgan fingerprint density at radius 2 is 2.00 bits per heavy atom. The number of methoxy groups -OCH3 is 1. The zero-order valence-corrected chi connectivity index (χ0v) is 13.7. The van der Waals surface area contributed by atoms with Crippen LogP contribution in [0, 0.1) is 11.3 Å². The number of nitrogens with two attached hydrogens (primary N) is 1. The first-order valence-electron chi connectivity index (χ1n) is 6.05. The second-order valence-electron chi connectivity index (χ2n) is 5.22. The van der Waals surface area contributed by atoms with E-state index in [1.54, 1.807) is 7.11 Å².